The van der Waals surface area contributed by atoms with Crippen molar-refractivity contribution in [1.82, 2.24) is 14.7 Å². The molecule has 0 radical (unpaired) electrons. The number of nitrogens with zero attached hydrogens (tertiary/aromatic N) is 2. The van der Waals surface area contributed by atoms with Crippen LogP contribution in [-0.4, -0.2) is 33.6 Å². The molecule has 1 amide bonds. The molecule has 3 aromatic rings. The number of fused-ring (bicyclic) bond motifs is 1. The maximum absolute atomic E-state index is 12.0. The second-order valence-electron chi connectivity index (χ2n) is 6.35. The van der Waals surface area contributed by atoms with Crippen molar-refractivity contribution in [2.75, 3.05) is 13.2 Å². The highest BCUT2D eigenvalue weighted by Crippen LogP contribution is 2.26. The summed E-state index contributed by atoms with van der Waals surface area (Å²) in [5.74, 6) is -0.185. The Kier molecular flexibility index (Phi) is 5.49. The minimum absolute atomic E-state index is 0.0637. The number of nitrogens with one attached hydrogen (secondary N) is 1. The van der Waals surface area contributed by atoms with Crippen molar-refractivity contribution in [2.45, 2.75) is 20.3 Å². The van der Waals surface area contributed by atoms with Crippen LogP contribution in [0.25, 0.3) is 23.0 Å². The van der Waals surface area contributed by atoms with Gasteiger partial charge in [0.2, 0.25) is 5.91 Å². The number of aliphatic hydroxyl groups is 1. The summed E-state index contributed by atoms with van der Waals surface area (Å²) >= 11 is 0. The molecule has 0 saturated heterocycles. The van der Waals surface area contributed by atoms with Crippen LogP contribution in [0.3, 0.4) is 0 Å². The lowest BCUT2D eigenvalue weighted by molar-refractivity contribution is -0.116. The van der Waals surface area contributed by atoms with Gasteiger partial charge in [-0.15, -0.1) is 0 Å². The number of pyridine rings is 1. The first-order valence-electron chi connectivity index (χ1n) is 8.71. The summed E-state index contributed by atoms with van der Waals surface area (Å²) in [6.45, 7) is 4.60. The number of amides is 1. The van der Waals surface area contributed by atoms with Gasteiger partial charge in [-0.2, -0.15) is 0 Å². The van der Waals surface area contributed by atoms with Gasteiger partial charge >= 0.3 is 0 Å². The second-order valence-corrected chi connectivity index (χ2v) is 6.35. The molecule has 0 atom stereocenters. The summed E-state index contributed by atoms with van der Waals surface area (Å²) in [5.41, 5.74) is 5.89. The Bertz CT molecular complexity index is 940. The maximum Gasteiger partial charge on any atom is 0.244 e. The van der Waals surface area contributed by atoms with Gasteiger partial charge in [0.05, 0.1) is 11.4 Å². The number of aromatic nitrogens is 2. The Morgan fingerprint density at radius 3 is 2.69 bits per heavy atom. The van der Waals surface area contributed by atoms with Crippen LogP contribution in [0.2, 0.25) is 0 Å². The normalized spacial score (nSPS) is 11.3. The van der Waals surface area contributed by atoms with Crippen molar-refractivity contribution in [1.29, 1.82) is 0 Å². The molecule has 0 fully saturated rings. The predicted octanol–water partition coefficient (Wildman–Crippen LogP) is 3.13. The number of hydrogen-bond donors (Lipinski definition) is 2. The molecule has 134 valence electrons. The summed E-state index contributed by atoms with van der Waals surface area (Å²) in [4.78, 5) is 16.8. The maximum atomic E-state index is 12.0. The summed E-state index contributed by atoms with van der Waals surface area (Å²) in [5, 5.41) is 11.6. The standard InChI is InChI=1S/C21H23N3O2/c1-15-4-6-17(7-5-15)21-18(8-9-20(26)22-11-3-13-25)24-12-10-16(2)14-19(24)23-21/h4-10,12,14,25H,3,11,13H2,1-2H3,(H,22,26)/b9-8+. The number of aliphatic hydroxyl groups excluding tert-OH is 1. The van der Waals surface area contributed by atoms with Crippen molar-refractivity contribution in [2.24, 2.45) is 0 Å². The Balaban J connectivity index is 2.00. The highest BCUT2D eigenvalue weighted by atomic mass is 16.3. The van der Waals surface area contributed by atoms with Crippen molar-refractivity contribution < 1.29 is 9.90 Å². The van der Waals surface area contributed by atoms with Crippen LogP contribution in [0, 0.1) is 13.8 Å². The molecule has 5 heteroatoms. The predicted molar refractivity (Wildman–Crippen MR) is 104 cm³/mol. The fourth-order valence-corrected chi connectivity index (χ4v) is 2.75. The first-order chi connectivity index (χ1) is 12.6. The molecule has 2 N–H and O–H groups in total. The van der Waals surface area contributed by atoms with E-state index in [2.05, 4.69) is 17.4 Å². The van der Waals surface area contributed by atoms with Crippen molar-refractivity contribution in [3.05, 3.63) is 65.5 Å². The van der Waals surface area contributed by atoms with Crippen LogP contribution in [-0.2, 0) is 4.79 Å². The molecule has 0 unspecified atom stereocenters. The molecular weight excluding hydrogens is 326 g/mol. The van der Waals surface area contributed by atoms with E-state index >= 15 is 0 Å². The third-order valence-electron chi connectivity index (χ3n) is 4.17. The van der Waals surface area contributed by atoms with E-state index in [0.717, 1.165) is 28.2 Å². The van der Waals surface area contributed by atoms with Crippen LogP contribution in [0.15, 0.2) is 48.7 Å². The molecule has 2 aromatic heterocycles. The zero-order chi connectivity index (χ0) is 18.5. The van der Waals surface area contributed by atoms with E-state index in [1.165, 1.54) is 11.6 Å². The van der Waals surface area contributed by atoms with Gasteiger partial charge in [-0.25, -0.2) is 4.98 Å². The van der Waals surface area contributed by atoms with Crippen molar-refractivity contribution in [3.8, 4) is 11.3 Å². The highest BCUT2D eigenvalue weighted by molar-refractivity contribution is 5.92. The van der Waals surface area contributed by atoms with E-state index in [0.29, 0.717) is 13.0 Å². The molecule has 0 bridgehead atoms. The largest absolute Gasteiger partial charge is 0.396 e. The fraction of sp³-hybridized carbons (Fsp3) is 0.238. The Hall–Kier alpha value is -2.92. The SMILES string of the molecule is Cc1ccc(-c2nc3cc(C)ccn3c2/C=C/C(=O)NCCCO)cc1. The lowest BCUT2D eigenvalue weighted by Gasteiger charge is -2.03. The molecule has 26 heavy (non-hydrogen) atoms. The first-order valence-corrected chi connectivity index (χ1v) is 8.71. The van der Waals surface area contributed by atoms with E-state index in [9.17, 15) is 4.79 Å². The molecule has 0 saturated carbocycles. The van der Waals surface area contributed by atoms with Crippen molar-refractivity contribution in [3.63, 3.8) is 0 Å². The average molecular weight is 349 g/mol. The van der Waals surface area contributed by atoms with Crippen LogP contribution in [0.4, 0.5) is 0 Å². The van der Waals surface area contributed by atoms with Gasteiger partial charge in [0.25, 0.3) is 0 Å². The van der Waals surface area contributed by atoms with Gasteiger partial charge in [-0.1, -0.05) is 29.8 Å². The third kappa shape index (κ3) is 4.00. The highest BCUT2D eigenvalue weighted by Gasteiger charge is 2.12. The zero-order valence-electron chi connectivity index (χ0n) is 15.1. The van der Waals surface area contributed by atoms with Gasteiger partial charge in [-0.3, -0.25) is 9.20 Å². The minimum Gasteiger partial charge on any atom is -0.396 e. The summed E-state index contributed by atoms with van der Waals surface area (Å²) in [6.07, 6.45) is 5.82. The number of rotatable bonds is 6. The van der Waals surface area contributed by atoms with Crippen LogP contribution in [0.1, 0.15) is 23.2 Å². The van der Waals surface area contributed by atoms with Gasteiger partial charge in [0.1, 0.15) is 5.65 Å². The number of carbonyl (C=O) groups is 1. The number of carbonyl (C=O) groups excluding carboxylic acids is 1. The minimum atomic E-state index is -0.185. The first kappa shape index (κ1) is 17.9. The smallest absolute Gasteiger partial charge is 0.244 e. The molecule has 5 nitrogen and oxygen atoms in total. The van der Waals surface area contributed by atoms with Gasteiger partial charge in [0.15, 0.2) is 0 Å². The lowest BCUT2D eigenvalue weighted by Crippen LogP contribution is -2.22. The molecule has 0 aliphatic heterocycles. The van der Waals surface area contributed by atoms with Crippen LogP contribution < -0.4 is 5.32 Å². The summed E-state index contributed by atoms with van der Waals surface area (Å²) in [6, 6.07) is 12.2. The number of aryl methyl sites for hydroxylation is 2. The molecule has 2 heterocycles. The average Bonchev–Trinajstić information content (AvgIpc) is 2.98. The van der Waals surface area contributed by atoms with E-state index in [1.807, 2.05) is 48.7 Å². The topological polar surface area (TPSA) is 66.6 Å². The van der Waals surface area contributed by atoms with Gasteiger partial charge < -0.3 is 10.4 Å². The monoisotopic (exact) mass is 349 g/mol. The van der Waals surface area contributed by atoms with E-state index in [4.69, 9.17) is 10.1 Å². The fourth-order valence-electron chi connectivity index (χ4n) is 2.75. The quantitative estimate of drug-likeness (QED) is 0.531. The molecule has 0 aliphatic carbocycles. The van der Waals surface area contributed by atoms with Gasteiger partial charge in [0, 0.05) is 31.0 Å². The number of imidazole rings is 1. The molecule has 0 spiro atoms. The van der Waals surface area contributed by atoms with Gasteiger partial charge in [-0.05, 0) is 44.0 Å². The lowest BCUT2D eigenvalue weighted by atomic mass is 10.1. The summed E-state index contributed by atoms with van der Waals surface area (Å²) < 4.78 is 1.99. The third-order valence-corrected chi connectivity index (χ3v) is 4.17. The summed E-state index contributed by atoms with van der Waals surface area (Å²) in [7, 11) is 0. The Morgan fingerprint density at radius 2 is 1.96 bits per heavy atom. The molecular formula is C21H23N3O2. The Morgan fingerprint density at radius 1 is 1.19 bits per heavy atom. The second kappa shape index (κ2) is 7.97. The molecule has 0 aliphatic rings. The molecule has 1 aromatic carbocycles. The van der Waals surface area contributed by atoms with Crippen molar-refractivity contribution >= 4 is 17.6 Å². The van der Waals surface area contributed by atoms with E-state index in [-0.39, 0.29) is 12.5 Å². The number of benzene rings is 1. The van der Waals surface area contributed by atoms with E-state index < -0.39 is 0 Å². The van der Waals surface area contributed by atoms with Crippen LogP contribution >= 0.6 is 0 Å². The number of hydrogen-bond acceptors (Lipinski definition) is 3. The zero-order valence-corrected chi connectivity index (χ0v) is 15.1. The van der Waals surface area contributed by atoms with Crippen LogP contribution in [0.5, 0.6) is 0 Å². The van der Waals surface area contributed by atoms with E-state index in [1.54, 1.807) is 6.08 Å². The molecule has 3 rings (SSSR count). The Labute approximate surface area is 153 Å².